The standard InChI is InChI=1S/C16H18FNO2S/c1-10(2)15(14-5-4-8-21-14)18-11-6-7-13(17)12(9-11)16(19)20-3/h4-10,15,18H,1-3H3. The van der Waals surface area contributed by atoms with Gasteiger partial charge in [-0.3, -0.25) is 0 Å². The minimum atomic E-state index is -0.673. The van der Waals surface area contributed by atoms with Crippen LogP contribution in [-0.2, 0) is 4.74 Å². The van der Waals surface area contributed by atoms with Crippen molar-refractivity contribution >= 4 is 23.0 Å². The Hall–Kier alpha value is -1.88. The van der Waals surface area contributed by atoms with Crippen LogP contribution in [-0.4, -0.2) is 13.1 Å². The van der Waals surface area contributed by atoms with Crippen molar-refractivity contribution in [2.24, 2.45) is 5.92 Å². The van der Waals surface area contributed by atoms with Crippen molar-refractivity contribution in [2.45, 2.75) is 19.9 Å². The van der Waals surface area contributed by atoms with Gasteiger partial charge in [-0.2, -0.15) is 0 Å². The number of carbonyl (C=O) groups excluding carboxylic acids is 1. The molecular formula is C16H18FNO2S. The van der Waals surface area contributed by atoms with Gasteiger partial charge in [0, 0.05) is 10.6 Å². The maximum Gasteiger partial charge on any atom is 0.340 e. The van der Waals surface area contributed by atoms with Gasteiger partial charge in [0.1, 0.15) is 5.82 Å². The number of ether oxygens (including phenoxy) is 1. The molecule has 1 heterocycles. The van der Waals surface area contributed by atoms with Gasteiger partial charge in [0.2, 0.25) is 0 Å². The van der Waals surface area contributed by atoms with E-state index >= 15 is 0 Å². The number of esters is 1. The van der Waals surface area contributed by atoms with Gasteiger partial charge in [-0.15, -0.1) is 11.3 Å². The molecule has 1 unspecified atom stereocenters. The molecule has 0 amide bonds. The maximum absolute atomic E-state index is 13.6. The zero-order chi connectivity index (χ0) is 15.4. The summed E-state index contributed by atoms with van der Waals surface area (Å²) >= 11 is 1.67. The van der Waals surface area contributed by atoms with Gasteiger partial charge in [-0.05, 0) is 35.6 Å². The second kappa shape index (κ2) is 6.72. The average molecular weight is 307 g/mol. The van der Waals surface area contributed by atoms with E-state index < -0.39 is 11.8 Å². The summed E-state index contributed by atoms with van der Waals surface area (Å²) in [6, 6.07) is 8.57. The fraction of sp³-hybridized carbons (Fsp3) is 0.312. The monoisotopic (exact) mass is 307 g/mol. The largest absolute Gasteiger partial charge is 0.465 e. The SMILES string of the molecule is COC(=O)c1cc(NC(c2cccs2)C(C)C)ccc1F. The summed E-state index contributed by atoms with van der Waals surface area (Å²) in [6.07, 6.45) is 0. The third-order valence-corrected chi connectivity index (χ3v) is 4.17. The molecule has 0 fully saturated rings. The van der Waals surface area contributed by atoms with Gasteiger partial charge in [-0.25, -0.2) is 9.18 Å². The first-order chi connectivity index (χ1) is 10.0. The summed E-state index contributed by atoms with van der Waals surface area (Å²) in [5.74, 6) is -0.895. The van der Waals surface area contributed by atoms with Crippen LogP contribution < -0.4 is 5.32 Å². The predicted molar refractivity (Wildman–Crippen MR) is 83.3 cm³/mol. The number of methoxy groups -OCH3 is 1. The van der Waals surface area contributed by atoms with Crippen LogP contribution in [0.4, 0.5) is 10.1 Å². The van der Waals surface area contributed by atoms with Crippen LogP contribution in [0.25, 0.3) is 0 Å². The molecule has 1 atom stereocenters. The number of nitrogens with one attached hydrogen (secondary N) is 1. The number of benzene rings is 1. The number of thiophene rings is 1. The van der Waals surface area contributed by atoms with E-state index in [4.69, 9.17) is 0 Å². The van der Waals surface area contributed by atoms with Crippen molar-refractivity contribution in [1.82, 2.24) is 0 Å². The van der Waals surface area contributed by atoms with Crippen LogP contribution in [0.1, 0.15) is 35.1 Å². The molecule has 0 saturated carbocycles. The highest BCUT2D eigenvalue weighted by atomic mass is 32.1. The van der Waals surface area contributed by atoms with E-state index in [1.54, 1.807) is 17.4 Å². The molecule has 2 rings (SSSR count). The fourth-order valence-corrected chi connectivity index (χ4v) is 3.04. The summed E-state index contributed by atoms with van der Waals surface area (Å²) in [5, 5.41) is 5.39. The van der Waals surface area contributed by atoms with Crippen LogP contribution >= 0.6 is 11.3 Å². The van der Waals surface area contributed by atoms with Crippen molar-refractivity contribution in [3.63, 3.8) is 0 Å². The third kappa shape index (κ3) is 3.61. The lowest BCUT2D eigenvalue weighted by molar-refractivity contribution is 0.0595. The number of anilines is 1. The van der Waals surface area contributed by atoms with Crippen molar-refractivity contribution in [1.29, 1.82) is 0 Å². The van der Waals surface area contributed by atoms with Crippen molar-refractivity contribution in [2.75, 3.05) is 12.4 Å². The van der Waals surface area contributed by atoms with Gasteiger partial charge >= 0.3 is 5.97 Å². The summed E-state index contributed by atoms with van der Waals surface area (Å²) < 4.78 is 18.2. The van der Waals surface area contributed by atoms with E-state index in [2.05, 4.69) is 30.0 Å². The second-order valence-corrected chi connectivity index (χ2v) is 6.05. The summed E-state index contributed by atoms with van der Waals surface area (Å²) in [4.78, 5) is 12.7. The third-order valence-electron chi connectivity index (χ3n) is 3.21. The van der Waals surface area contributed by atoms with E-state index in [0.717, 1.165) is 0 Å². The molecule has 3 nitrogen and oxygen atoms in total. The Bertz CT molecular complexity index is 611. The van der Waals surface area contributed by atoms with E-state index in [0.29, 0.717) is 11.6 Å². The predicted octanol–water partition coefficient (Wildman–Crippen LogP) is 4.48. The Kier molecular flexibility index (Phi) is 4.96. The Morgan fingerprint density at radius 3 is 2.67 bits per heavy atom. The zero-order valence-corrected chi connectivity index (χ0v) is 13.0. The molecule has 0 saturated heterocycles. The average Bonchev–Trinajstić information content (AvgIpc) is 2.99. The lowest BCUT2D eigenvalue weighted by atomic mass is 10.0. The van der Waals surface area contributed by atoms with Crippen LogP contribution in [0.15, 0.2) is 35.7 Å². The number of hydrogen-bond acceptors (Lipinski definition) is 4. The van der Waals surface area contributed by atoms with Crippen LogP contribution in [0, 0.1) is 11.7 Å². The van der Waals surface area contributed by atoms with Crippen molar-refractivity contribution < 1.29 is 13.9 Å². The number of halogens is 1. The summed E-state index contributed by atoms with van der Waals surface area (Å²) in [7, 11) is 1.24. The first-order valence-corrected chi connectivity index (χ1v) is 7.58. The molecule has 1 aromatic carbocycles. The lowest BCUT2D eigenvalue weighted by Crippen LogP contribution is -2.16. The molecule has 0 bridgehead atoms. The first kappa shape index (κ1) is 15.5. The molecule has 0 aliphatic carbocycles. The smallest absolute Gasteiger partial charge is 0.340 e. The van der Waals surface area contributed by atoms with Crippen molar-refractivity contribution in [3.05, 3.63) is 52.0 Å². The molecule has 0 radical (unpaired) electrons. The highest BCUT2D eigenvalue weighted by Gasteiger charge is 2.18. The van der Waals surface area contributed by atoms with E-state index in [-0.39, 0.29) is 11.6 Å². The van der Waals surface area contributed by atoms with Gasteiger partial charge < -0.3 is 10.1 Å². The fourth-order valence-electron chi connectivity index (χ4n) is 2.10. The highest BCUT2D eigenvalue weighted by Crippen LogP contribution is 2.30. The number of carbonyl (C=O) groups is 1. The quantitative estimate of drug-likeness (QED) is 0.828. The molecular weight excluding hydrogens is 289 g/mol. The second-order valence-electron chi connectivity index (χ2n) is 5.07. The zero-order valence-electron chi connectivity index (χ0n) is 12.2. The molecule has 112 valence electrons. The van der Waals surface area contributed by atoms with E-state index in [1.807, 2.05) is 11.4 Å². The van der Waals surface area contributed by atoms with E-state index in [9.17, 15) is 9.18 Å². The Labute approximate surface area is 127 Å². The first-order valence-electron chi connectivity index (χ1n) is 6.70. The molecule has 1 N–H and O–H groups in total. The highest BCUT2D eigenvalue weighted by molar-refractivity contribution is 7.10. The Balaban J connectivity index is 2.27. The van der Waals surface area contributed by atoms with Crippen LogP contribution in [0.2, 0.25) is 0 Å². The van der Waals surface area contributed by atoms with Gasteiger partial charge in [0.15, 0.2) is 0 Å². The lowest BCUT2D eigenvalue weighted by Gasteiger charge is -2.22. The molecule has 0 aliphatic rings. The minimum Gasteiger partial charge on any atom is -0.465 e. The molecule has 1 aromatic heterocycles. The maximum atomic E-state index is 13.6. The van der Waals surface area contributed by atoms with Crippen LogP contribution in [0.3, 0.4) is 0 Å². The molecule has 2 aromatic rings. The molecule has 5 heteroatoms. The number of rotatable bonds is 5. The normalized spacial score (nSPS) is 12.2. The van der Waals surface area contributed by atoms with Gasteiger partial charge in [0.25, 0.3) is 0 Å². The summed E-state index contributed by atoms with van der Waals surface area (Å²) in [6.45, 7) is 4.23. The molecule has 0 aliphatic heterocycles. The van der Waals surface area contributed by atoms with E-state index in [1.165, 1.54) is 24.1 Å². The topological polar surface area (TPSA) is 38.3 Å². The summed E-state index contributed by atoms with van der Waals surface area (Å²) in [5.41, 5.74) is 0.639. The van der Waals surface area contributed by atoms with Gasteiger partial charge in [-0.1, -0.05) is 19.9 Å². The minimum absolute atomic E-state index is 0.0591. The van der Waals surface area contributed by atoms with Crippen LogP contribution in [0.5, 0.6) is 0 Å². The molecule has 21 heavy (non-hydrogen) atoms. The number of hydrogen-bond donors (Lipinski definition) is 1. The molecule has 0 spiro atoms. The van der Waals surface area contributed by atoms with Crippen molar-refractivity contribution in [3.8, 4) is 0 Å². The Morgan fingerprint density at radius 1 is 1.33 bits per heavy atom. The Morgan fingerprint density at radius 2 is 2.10 bits per heavy atom. The van der Waals surface area contributed by atoms with Gasteiger partial charge in [0.05, 0.1) is 18.7 Å².